The first kappa shape index (κ1) is 17.2. The van der Waals surface area contributed by atoms with Gasteiger partial charge in [-0.3, -0.25) is 4.90 Å². The summed E-state index contributed by atoms with van der Waals surface area (Å²) in [6.45, 7) is 1.33. The van der Waals surface area contributed by atoms with Crippen molar-refractivity contribution in [1.29, 1.82) is 0 Å². The number of likely N-dealkylation sites (N-methyl/N-ethyl adjacent to an activating group) is 1. The van der Waals surface area contributed by atoms with E-state index in [0.29, 0.717) is 18.8 Å². The number of benzene rings is 2. The second kappa shape index (κ2) is 8.50. The molecule has 0 saturated carbocycles. The highest BCUT2D eigenvalue weighted by Gasteiger charge is 2.10. The van der Waals surface area contributed by atoms with Crippen LogP contribution in [0, 0.1) is 5.82 Å². The molecule has 124 valence electrons. The molecule has 0 heterocycles. The molecule has 0 aromatic heterocycles. The first-order valence-electron chi connectivity index (χ1n) is 7.44. The van der Waals surface area contributed by atoms with Gasteiger partial charge < -0.3 is 14.6 Å². The lowest BCUT2D eigenvalue weighted by Gasteiger charge is -2.21. The van der Waals surface area contributed by atoms with Crippen LogP contribution in [-0.2, 0) is 6.54 Å². The van der Waals surface area contributed by atoms with Crippen LogP contribution in [0.3, 0.4) is 0 Å². The van der Waals surface area contributed by atoms with Crippen LogP contribution < -0.4 is 9.47 Å². The third-order valence-electron chi connectivity index (χ3n) is 3.37. The fourth-order valence-electron chi connectivity index (χ4n) is 2.28. The van der Waals surface area contributed by atoms with Crippen molar-refractivity contribution in [2.45, 2.75) is 12.6 Å². The lowest BCUT2D eigenvalue weighted by Crippen LogP contribution is -2.32. The third kappa shape index (κ3) is 5.88. The van der Waals surface area contributed by atoms with Crippen molar-refractivity contribution in [3.05, 3.63) is 59.9 Å². The summed E-state index contributed by atoms with van der Waals surface area (Å²) in [6.07, 6.45) is -0.629. The number of ether oxygens (including phenoxy) is 2. The molecular formula is C18H22FNO3. The van der Waals surface area contributed by atoms with Crippen molar-refractivity contribution in [2.24, 2.45) is 0 Å². The van der Waals surface area contributed by atoms with Gasteiger partial charge in [0.15, 0.2) is 0 Å². The molecule has 0 fully saturated rings. The number of halogens is 1. The second-order valence-corrected chi connectivity index (χ2v) is 5.47. The Morgan fingerprint density at radius 2 is 1.87 bits per heavy atom. The monoisotopic (exact) mass is 319 g/mol. The summed E-state index contributed by atoms with van der Waals surface area (Å²) in [4.78, 5) is 2.01. The quantitative estimate of drug-likeness (QED) is 0.812. The molecule has 2 aromatic carbocycles. The van der Waals surface area contributed by atoms with Crippen LogP contribution in [0.2, 0.25) is 0 Å². The number of aliphatic hydroxyl groups excluding tert-OH is 1. The van der Waals surface area contributed by atoms with Crippen LogP contribution in [0.25, 0.3) is 0 Å². The van der Waals surface area contributed by atoms with Crippen molar-refractivity contribution < 1.29 is 19.0 Å². The molecule has 0 aliphatic heterocycles. The van der Waals surface area contributed by atoms with E-state index in [2.05, 4.69) is 0 Å². The predicted octanol–water partition coefficient (Wildman–Crippen LogP) is 2.71. The van der Waals surface area contributed by atoms with E-state index in [1.807, 2.05) is 36.2 Å². The summed E-state index contributed by atoms with van der Waals surface area (Å²) in [5.41, 5.74) is 1.11. The molecule has 0 bridgehead atoms. The fraction of sp³-hybridized carbons (Fsp3) is 0.333. The zero-order valence-electron chi connectivity index (χ0n) is 13.4. The minimum atomic E-state index is -0.629. The molecule has 23 heavy (non-hydrogen) atoms. The normalized spacial score (nSPS) is 12.2. The third-order valence-corrected chi connectivity index (χ3v) is 3.37. The fourth-order valence-corrected chi connectivity index (χ4v) is 2.28. The van der Waals surface area contributed by atoms with E-state index in [0.717, 1.165) is 11.3 Å². The molecule has 0 amide bonds. The van der Waals surface area contributed by atoms with Gasteiger partial charge in [-0.2, -0.15) is 0 Å². The number of aliphatic hydroxyl groups is 1. The zero-order chi connectivity index (χ0) is 16.7. The van der Waals surface area contributed by atoms with Gasteiger partial charge in [0.2, 0.25) is 0 Å². The van der Waals surface area contributed by atoms with Crippen LogP contribution >= 0.6 is 0 Å². The molecule has 0 saturated heterocycles. The zero-order valence-corrected chi connectivity index (χ0v) is 13.4. The Morgan fingerprint density at radius 3 is 2.57 bits per heavy atom. The number of methoxy groups -OCH3 is 1. The maximum atomic E-state index is 12.8. The molecule has 1 atom stereocenters. The Bertz CT molecular complexity index is 603. The lowest BCUT2D eigenvalue weighted by atomic mass is 10.2. The van der Waals surface area contributed by atoms with E-state index >= 15 is 0 Å². The Morgan fingerprint density at radius 1 is 1.13 bits per heavy atom. The number of hydrogen-bond donors (Lipinski definition) is 1. The van der Waals surface area contributed by atoms with Gasteiger partial charge in [-0.15, -0.1) is 0 Å². The topological polar surface area (TPSA) is 41.9 Å². The van der Waals surface area contributed by atoms with Crippen LogP contribution in [0.5, 0.6) is 11.5 Å². The highest BCUT2D eigenvalue weighted by Crippen LogP contribution is 2.14. The first-order chi connectivity index (χ1) is 11.1. The minimum absolute atomic E-state index is 0.161. The molecule has 0 aliphatic carbocycles. The van der Waals surface area contributed by atoms with Crippen LogP contribution in [0.15, 0.2) is 48.5 Å². The summed E-state index contributed by atoms with van der Waals surface area (Å²) in [7, 11) is 3.57. The maximum Gasteiger partial charge on any atom is 0.123 e. The van der Waals surface area contributed by atoms with Crippen molar-refractivity contribution in [3.63, 3.8) is 0 Å². The van der Waals surface area contributed by atoms with Gasteiger partial charge in [-0.1, -0.05) is 12.1 Å². The average molecular weight is 319 g/mol. The van der Waals surface area contributed by atoms with Gasteiger partial charge in [0.25, 0.3) is 0 Å². The largest absolute Gasteiger partial charge is 0.497 e. The summed E-state index contributed by atoms with van der Waals surface area (Å²) in [5, 5.41) is 10.0. The standard InChI is InChI=1S/C18H22FNO3/c1-20(11-14-4-3-5-18(10-14)22-2)12-16(21)13-23-17-8-6-15(19)7-9-17/h3-10,16,21H,11-13H2,1-2H3. The molecule has 4 nitrogen and oxygen atoms in total. The van der Waals surface area contributed by atoms with Crippen molar-refractivity contribution in [1.82, 2.24) is 4.90 Å². The van der Waals surface area contributed by atoms with Crippen molar-refractivity contribution >= 4 is 0 Å². The van der Waals surface area contributed by atoms with E-state index in [1.54, 1.807) is 19.2 Å². The summed E-state index contributed by atoms with van der Waals surface area (Å²) in [5.74, 6) is 1.05. The molecule has 0 aliphatic rings. The molecule has 5 heteroatoms. The number of rotatable bonds is 8. The van der Waals surface area contributed by atoms with Gasteiger partial charge in [-0.25, -0.2) is 4.39 Å². The van der Waals surface area contributed by atoms with Crippen molar-refractivity contribution in [2.75, 3.05) is 27.3 Å². The second-order valence-electron chi connectivity index (χ2n) is 5.47. The Hall–Kier alpha value is -2.11. The summed E-state index contributed by atoms with van der Waals surface area (Å²) < 4.78 is 23.4. The minimum Gasteiger partial charge on any atom is -0.497 e. The van der Waals surface area contributed by atoms with E-state index in [1.165, 1.54) is 12.1 Å². The molecule has 0 radical (unpaired) electrons. The summed E-state index contributed by atoms with van der Waals surface area (Å²) in [6, 6.07) is 13.6. The molecule has 0 spiro atoms. The maximum absolute atomic E-state index is 12.8. The van der Waals surface area contributed by atoms with Crippen LogP contribution in [-0.4, -0.2) is 43.4 Å². The van der Waals surface area contributed by atoms with E-state index < -0.39 is 6.10 Å². The van der Waals surface area contributed by atoms with Gasteiger partial charge in [0.05, 0.1) is 7.11 Å². The van der Waals surface area contributed by atoms with E-state index in [4.69, 9.17) is 9.47 Å². The van der Waals surface area contributed by atoms with Crippen molar-refractivity contribution in [3.8, 4) is 11.5 Å². The number of hydrogen-bond acceptors (Lipinski definition) is 4. The molecule has 1 N–H and O–H groups in total. The molecular weight excluding hydrogens is 297 g/mol. The highest BCUT2D eigenvalue weighted by molar-refractivity contribution is 5.28. The van der Waals surface area contributed by atoms with E-state index in [-0.39, 0.29) is 12.4 Å². The summed E-state index contributed by atoms with van der Waals surface area (Å²) >= 11 is 0. The Kier molecular flexibility index (Phi) is 6.38. The molecule has 1 unspecified atom stereocenters. The molecule has 2 aromatic rings. The lowest BCUT2D eigenvalue weighted by molar-refractivity contribution is 0.0743. The van der Waals surface area contributed by atoms with Crippen LogP contribution in [0.4, 0.5) is 4.39 Å². The average Bonchev–Trinajstić information content (AvgIpc) is 2.54. The van der Waals surface area contributed by atoms with Gasteiger partial charge in [-0.05, 0) is 49.0 Å². The van der Waals surface area contributed by atoms with E-state index in [9.17, 15) is 9.50 Å². The predicted molar refractivity (Wildman–Crippen MR) is 87.2 cm³/mol. The SMILES string of the molecule is COc1cccc(CN(C)CC(O)COc2ccc(F)cc2)c1. The highest BCUT2D eigenvalue weighted by atomic mass is 19.1. The Labute approximate surface area is 136 Å². The smallest absolute Gasteiger partial charge is 0.123 e. The Balaban J connectivity index is 1.77. The molecule has 2 rings (SSSR count). The first-order valence-corrected chi connectivity index (χ1v) is 7.44. The van der Waals surface area contributed by atoms with Gasteiger partial charge >= 0.3 is 0 Å². The van der Waals surface area contributed by atoms with Gasteiger partial charge in [0, 0.05) is 13.1 Å². The van der Waals surface area contributed by atoms with Crippen LogP contribution in [0.1, 0.15) is 5.56 Å². The van der Waals surface area contributed by atoms with Gasteiger partial charge in [0.1, 0.15) is 30.0 Å². The number of nitrogens with zero attached hydrogens (tertiary/aromatic N) is 1.